The standard InChI is InChI=1S/C18H16N2O2/c21-12-15-10-19-18(20-11-15)16-6-8-17(9-7-16)22-13-14-4-2-1-3-5-14/h1-11,21H,12-13H2. The predicted molar refractivity (Wildman–Crippen MR) is 84.2 cm³/mol. The van der Waals surface area contributed by atoms with Crippen molar-refractivity contribution in [2.45, 2.75) is 13.2 Å². The van der Waals surface area contributed by atoms with E-state index in [4.69, 9.17) is 9.84 Å². The summed E-state index contributed by atoms with van der Waals surface area (Å²) in [5.74, 6) is 1.44. The third-order valence-electron chi connectivity index (χ3n) is 3.25. The summed E-state index contributed by atoms with van der Waals surface area (Å²) in [7, 11) is 0. The number of benzene rings is 2. The number of hydrogen-bond donors (Lipinski definition) is 1. The lowest BCUT2D eigenvalue weighted by Crippen LogP contribution is -1.95. The molecule has 1 aromatic heterocycles. The Morgan fingerprint density at radius 2 is 1.50 bits per heavy atom. The van der Waals surface area contributed by atoms with Gasteiger partial charge >= 0.3 is 0 Å². The molecule has 0 radical (unpaired) electrons. The molecule has 0 saturated heterocycles. The minimum Gasteiger partial charge on any atom is -0.489 e. The maximum atomic E-state index is 8.99. The molecular weight excluding hydrogens is 276 g/mol. The van der Waals surface area contributed by atoms with Crippen LogP contribution in [0.1, 0.15) is 11.1 Å². The Kier molecular flexibility index (Phi) is 4.41. The number of nitrogens with zero attached hydrogens (tertiary/aromatic N) is 2. The fourth-order valence-electron chi connectivity index (χ4n) is 2.03. The first kappa shape index (κ1) is 14.2. The first-order valence-electron chi connectivity index (χ1n) is 7.04. The van der Waals surface area contributed by atoms with Crippen LogP contribution in [0.15, 0.2) is 67.0 Å². The lowest BCUT2D eigenvalue weighted by Gasteiger charge is -2.07. The summed E-state index contributed by atoms with van der Waals surface area (Å²) in [6.45, 7) is 0.494. The van der Waals surface area contributed by atoms with Gasteiger partial charge in [0.2, 0.25) is 0 Å². The fraction of sp³-hybridized carbons (Fsp3) is 0.111. The van der Waals surface area contributed by atoms with E-state index in [9.17, 15) is 0 Å². The Morgan fingerprint density at radius 3 is 2.14 bits per heavy atom. The summed E-state index contributed by atoms with van der Waals surface area (Å²) in [6, 6.07) is 17.7. The zero-order valence-electron chi connectivity index (χ0n) is 12.0. The minimum atomic E-state index is -0.0491. The van der Waals surface area contributed by atoms with E-state index in [1.807, 2.05) is 54.6 Å². The minimum absolute atomic E-state index is 0.0491. The molecule has 3 aromatic rings. The number of aliphatic hydroxyl groups excluding tert-OH is 1. The summed E-state index contributed by atoms with van der Waals surface area (Å²) >= 11 is 0. The monoisotopic (exact) mass is 292 g/mol. The maximum absolute atomic E-state index is 8.99. The molecule has 1 heterocycles. The second-order valence-electron chi connectivity index (χ2n) is 4.87. The van der Waals surface area contributed by atoms with Gasteiger partial charge in [-0.3, -0.25) is 0 Å². The summed E-state index contributed by atoms with van der Waals surface area (Å²) in [6.07, 6.45) is 3.25. The van der Waals surface area contributed by atoms with E-state index in [1.165, 1.54) is 0 Å². The van der Waals surface area contributed by atoms with Crippen molar-refractivity contribution in [2.75, 3.05) is 0 Å². The summed E-state index contributed by atoms with van der Waals surface area (Å²) in [5, 5.41) is 8.99. The van der Waals surface area contributed by atoms with E-state index in [-0.39, 0.29) is 6.61 Å². The van der Waals surface area contributed by atoms with Crippen LogP contribution in [0.3, 0.4) is 0 Å². The third kappa shape index (κ3) is 3.48. The fourth-order valence-corrected chi connectivity index (χ4v) is 2.03. The molecule has 4 heteroatoms. The smallest absolute Gasteiger partial charge is 0.159 e. The molecule has 2 aromatic carbocycles. The van der Waals surface area contributed by atoms with Crippen molar-refractivity contribution in [3.05, 3.63) is 78.1 Å². The number of aliphatic hydroxyl groups is 1. The van der Waals surface area contributed by atoms with Crippen molar-refractivity contribution in [2.24, 2.45) is 0 Å². The molecule has 0 bridgehead atoms. The molecule has 0 aliphatic heterocycles. The molecule has 0 spiro atoms. The van der Waals surface area contributed by atoms with E-state index in [0.717, 1.165) is 16.9 Å². The molecular formula is C18H16N2O2. The van der Waals surface area contributed by atoms with Crippen LogP contribution < -0.4 is 4.74 Å². The summed E-state index contributed by atoms with van der Waals surface area (Å²) in [4.78, 5) is 8.46. The van der Waals surface area contributed by atoms with Gasteiger partial charge in [0.25, 0.3) is 0 Å². The molecule has 0 amide bonds. The van der Waals surface area contributed by atoms with Crippen molar-refractivity contribution < 1.29 is 9.84 Å². The number of rotatable bonds is 5. The molecule has 22 heavy (non-hydrogen) atoms. The van der Waals surface area contributed by atoms with E-state index < -0.39 is 0 Å². The highest BCUT2D eigenvalue weighted by atomic mass is 16.5. The van der Waals surface area contributed by atoms with Gasteiger partial charge in [-0.25, -0.2) is 9.97 Å². The molecule has 110 valence electrons. The van der Waals surface area contributed by atoms with Crippen LogP contribution in [-0.2, 0) is 13.2 Å². The van der Waals surface area contributed by atoms with Gasteiger partial charge in [0.15, 0.2) is 5.82 Å². The van der Waals surface area contributed by atoms with Crippen LogP contribution in [0.2, 0.25) is 0 Å². The molecule has 1 N–H and O–H groups in total. The van der Waals surface area contributed by atoms with Gasteiger partial charge in [-0.15, -0.1) is 0 Å². The Hall–Kier alpha value is -2.72. The molecule has 0 atom stereocenters. The van der Waals surface area contributed by atoms with Crippen molar-refractivity contribution in [1.82, 2.24) is 9.97 Å². The van der Waals surface area contributed by atoms with Gasteiger partial charge in [0.05, 0.1) is 6.61 Å². The van der Waals surface area contributed by atoms with Crippen LogP contribution >= 0.6 is 0 Å². The van der Waals surface area contributed by atoms with Crippen molar-refractivity contribution in [1.29, 1.82) is 0 Å². The molecule has 0 unspecified atom stereocenters. The normalized spacial score (nSPS) is 10.4. The second kappa shape index (κ2) is 6.83. The van der Waals surface area contributed by atoms with Gasteiger partial charge in [-0.05, 0) is 29.8 Å². The average molecular weight is 292 g/mol. The third-order valence-corrected chi connectivity index (χ3v) is 3.25. The number of hydrogen-bond acceptors (Lipinski definition) is 4. The Morgan fingerprint density at radius 1 is 0.818 bits per heavy atom. The first-order valence-corrected chi connectivity index (χ1v) is 7.04. The summed E-state index contributed by atoms with van der Waals surface area (Å²) < 4.78 is 5.75. The first-order chi connectivity index (χ1) is 10.8. The van der Waals surface area contributed by atoms with Crippen LogP contribution in [0, 0.1) is 0 Å². The van der Waals surface area contributed by atoms with Gasteiger partial charge < -0.3 is 9.84 Å². The quantitative estimate of drug-likeness (QED) is 0.784. The second-order valence-corrected chi connectivity index (χ2v) is 4.87. The van der Waals surface area contributed by atoms with E-state index in [2.05, 4.69) is 9.97 Å². The van der Waals surface area contributed by atoms with Gasteiger partial charge in [0.1, 0.15) is 12.4 Å². The zero-order chi connectivity index (χ0) is 15.2. The highest BCUT2D eigenvalue weighted by molar-refractivity contribution is 5.55. The van der Waals surface area contributed by atoms with Crippen molar-refractivity contribution in [3.8, 4) is 17.1 Å². The van der Waals surface area contributed by atoms with E-state index in [0.29, 0.717) is 18.0 Å². The highest BCUT2D eigenvalue weighted by Gasteiger charge is 2.02. The lowest BCUT2D eigenvalue weighted by molar-refractivity contribution is 0.281. The largest absolute Gasteiger partial charge is 0.489 e. The summed E-state index contributed by atoms with van der Waals surface area (Å²) in [5.41, 5.74) is 2.75. The zero-order valence-corrected chi connectivity index (χ0v) is 12.0. The van der Waals surface area contributed by atoms with Crippen LogP contribution in [0.25, 0.3) is 11.4 Å². The van der Waals surface area contributed by atoms with E-state index >= 15 is 0 Å². The van der Waals surface area contributed by atoms with Crippen molar-refractivity contribution >= 4 is 0 Å². The highest BCUT2D eigenvalue weighted by Crippen LogP contribution is 2.20. The van der Waals surface area contributed by atoms with Gasteiger partial charge in [-0.1, -0.05) is 30.3 Å². The SMILES string of the molecule is OCc1cnc(-c2ccc(OCc3ccccc3)cc2)nc1. The van der Waals surface area contributed by atoms with Crippen LogP contribution in [0.5, 0.6) is 5.75 Å². The predicted octanol–water partition coefficient (Wildman–Crippen LogP) is 3.21. The average Bonchev–Trinajstić information content (AvgIpc) is 2.61. The Labute approximate surface area is 129 Å². The van der Waals surface area contributed by atoms with Gasteiger partial charge in [-0.2, -0.15) is 0 Å². The number of ether oxygens (including phenoxy) is 1. The van der Waals surface area contributed by atoms with Crippen LogP contribution in [0.4, 0.5) is 0 Å². The Balaban J connectivity index is 1.67. The molecule has 0 saturated carbocycles. The van der Waals surface area contributed by atoms with Gasteiger partial charge in [0, 0.05) is 23.5 Å². The van der Waals surface area contributed by atoms with E-state index in [1.54, 1.807) is 12.4 Å². The lowest BCUT2D eigenvalue weighted by atomic mass is 10.2. The topological polar surface area (TPSA) is 55.2 Å². The maximum Gasteiger partial charge on any atom is 0.159 e. The Bertz CT molecular complexity index is 710. The molecule has 4 nitrogen and oxygen atoms in total. The molecule has 0 aliphatic rings. The molecule has 0 fully saturated rings. The van der Waals surface area contributed by atoms with Crippen LogP contribution in [-0.4, -0.2) is 15.1 Å². The molecule has 0 aliphatic carbocycles. The molecule has 3 rings (SSSR count). The number of aromatic nitrogens is 2. The van der Waals surface area contributed by atoms with Crippen molar-refractivity contribution in [3.63, 3.8) is 0 Å².